The molecule has 1 aliphatic heterocycles. The lowest BCUT2D eigenvalue weighted by Crippen LogP contribution is -2.86. The topological polar surface area (TPSA) is 41.5 Å². The zero-order chi connectivity index (χ0) is 15.5. The Kier molecular flexibility index (Phi) is 3.40. The van der Waals surface area contributed by atoms with Crippen LogP contribution in [0.2, 0.25) is 0 Å². The maximum Gasteiger partial charge on any atom is 0.204 e. The summed E-state index contributed by atoms with van der Waals surface area (Å²) in [4.78, 5) is 0. The Morgan fingerprint density at radius 1 is 1.00 bits per heavy atom. The third kappa shape index (κ3) is 2.12. The van der Waals surface area contributed by atoms with Crippen LogP contribution in [0.25, 0.3) is 0 Å². The minimum Gasteiger partial charge on any atom is -0.502 e. The summed E-state index contributed by atoms with van der Waals surface area (Å²) in [5, 5.41) is 8.14. The standard InChI is InChI=1S/C9H3B5F3NO2/c10-1-2(15)4(17)6(5(19)3(1)16)20-7-8(11,12)18-9(7,13)14/h7,18-19H. The van der Waals surface area contributed by atoms with E-state index in [1.54, 1.807) is 0 Å². The second-order valence-electron chi connectivity index (χ2n) is 4.52. The van der Waals surface area contributed by atoms with Crippen LogP contribution in [0.15, 0.2) is 0 Å². The number of phenolic OH excluding ortho intramolecular Hbond substituents is 1. The minimum absolute atomic E-state index is 1.18. The van der Waals surface area contributed by atoms with Crippen LogP contribution in [0, 0.1) is 17.5 Å². The summed E-state index contributed by atoms with van der Waals surface area (Å²) in [6.45, 7) is 0. The second kappa shape index (κ2) is 4.45. The third-order valence-corrected chi connectivity index (χ3v) is 2.82. The lowest BCUT2D eigenvalue weighted by atomic mass is 9.38. The van der Waals surface area contributed by atoms with Crippen LogP contribution in [0.5, 0.6) is 11.5 Å². The molecular formula is C9H3B5F3NO2. The fraction of sp³-hybridized carbons (Fsp3) is 0.333. The number of ether oxygens (including phenoxy) is 1. The number of halogens is 3. The normalized spacial score (nSPS) is 20.4. The maximum atomic E-state index is 13.6. The molecule has 0 spiro atoms. The third-order valence-electron chi connectivity index (χ3n) is 2.82. The molecule has 1 fully saturated rings. The second-order valence-corrected chi connectivity index (χ2v) is 4.52. The number of nitrogens with one attached hydrogen (secondary N) is 1. The van der Waals surface area contributed by atoms with E-state index in [1.807, 2.05) is 0 Å². The van der Waals surface area contributed by atoms with Crippen molar-refractivity contribution in [2.45, 2.75) is 16.8 Å². The van der Waals surface area contributed by atoms with Gasteiger partial charge in [0, 0.05) is 0 Å². The number of hydrogen-bond acceptors (Lipinski definition) is 3. The van der Waals surface area contributed by atoms with E-state index in [9.17, 15) is 18.3 Å². The number of rotatable bonds is 2. The van der Waals surface area contributed by atoms with Gasteiger partial charge in [0.25, 0.3) is 0 Å². The Hall–Kier alpha value is -1.11. The van der Waals surface area contributed by atoms with Gasteiger partial charge in [0.1, 0.15) is 14.0 Å². The summed E-state index contributed by atoms with van der Waals surface area (Å²) in [7, 11) is 26.8. The van der Waals surface area contributed by atoms with Gasteiger partial charge in [-0.3, -0.25) is 0 Å². The van der Waals surface area contributed by atoms with Gasteiger partial charge in [-0.2, -0.15) is 4.39 Å². The lowest BCUT2D eigenvalue weighted by molar-refractivity contribution is 0.0539. The molecule has 10 radical (unpaired) electrons. The minimum atomic E-state index is -1.78. The molecule has 1 aromatic rings. The summed E-state index contributed by atoms with van der Waals surface area (Å²) < 4.78 is 45.2. The molecule has 92 valence electrons. The molecule has 1 aliphatic rings. The van der Waals surface area contributed by atoms with Gasteiger partial charge in [-0.05, 0) is 16.1 Å². The van der Waals surface area contributed by atoms with Crippen molar-refractivity contribution in [1.82, 2.24) is 5.32 Å². The molecule has 1 heterocycles. The number of phenols is 1. The molecule has 1 aromatic carbocycles. The number of hydrogen-bond donors (Lipinski definition) is 2. The van der Waals surface area contributed by atoms with Gasteiger partial charge in [0.05, 0.1) is 31.4 Å². The first-order valence-corrected chi connectivity index (χ1v) is 5.25. The van der Waals surface area contributed by atoms with Crippen molar-refractivity contribution in [1.29, 1.82) is 0 Å². The highest BCUT2D eigenvalue weighted by atomic mass is 19.2. The largest absolute Gasteiger partial charge is 0.502 e. The Bertz CT molecular complexity index is 540. The molecule has 11 heteroatoms. The predicted molar refractivity (Wildman–Crippen MR) is 69.4 cm³/mol. The van der Waals surface area contributed by atoms with Crippen LogP contribution >= 0.6 is 0 Å². The maximum absolute atomic E-state index is 13.6. The van der Waals surface area contributed by atoms with Gasteiger partial charge < -0.3 is 15.2 Å². The van der Waals surface area contributed by atoms with Crippen LogP contribution in [-0.2, 0) is 0 Å². The molecule has 2 rings (SSSR count). The Labute approximate surface area is 119 Å². The average molecular weight is 268 g/mol. The van der Waals surface area contributed by atoms with Gasteiger partial charge in [0.15, 0.2) is 17.4 Å². The van der Waals surface area contributed by atoms with Crippen LogP contribution < -0.4 is 15.5 Å². The van der Waals surface area contributed by atoms with E-state index in [1.165, 1.54) is 0 Å². The molecule has 0 aromatic heterocycles. The van der Waals surface area contributed by atoms with Crippen molar-refractivity contribution in [2.75, 3.05) is 0 Å². The molecule has 20 heavy (non-hydrogen) atoms. The number of benzene rings is 1. The summed E-state index contributed by atoms with van der Waals surface area (Å²) in [5.41, 5.74) is -1.20. The zero-order valence-corrected chi connectivity index (χ0v) is 9.95. The smallest absolute Gasteiger partial charge is 0.204 e. The molecule has 0 aliphatic carbocycles. The average Bonchev–Trinajstić information content (AvgIpc) is 2.32. The van der Waals surface area contributed by atoms with Crippen LogP contribution in [0.4, 0.5) is 13.2 Å². The molecule has 0 atom stereocenters. The highest BCUT2D eigenvalue weighted by Crippen LogP contribution is 2.37. The van der Waals surface area contributed by atoms with Gasteiger partial charge in [-0.1, -0.05) is 0 Å². The van der Waals surface area contributed by atoms with E-state index < -0.39 is 51.2 Å². The fourth-order valence-corrected chi connectivity index (χ4v) is 1.89. The Morgan fingerprint density at radius 2 is 1.50 bits per heavy atom. The SMILES string of the molecule is [B]c1c(F)c(O)c(OC2C([B])([B])NC2([B])[B])c(F)c1F. The van der Waals surface area contributed by atoms with Crippen LogP contribution in [-0.4, -0.2) is 61.1 Å². The summed E-state index contributed by atoms with van der Waals surface area (Å²) in [6.07, 6.45) is -1.47. The predicted octanol–water partition coefficient (Wildman–Crippen LogP) is -2.06. The van der Waals surface area contributed by atoms with Crippen molar-refractivity contribution in [3.63, 3.8) is 0 Å². The zero-order valence-electron chi connectivity index (χ0n) is 9.95. The quantitative estimate of drug-likeness (QED) is 0.478. The molecule has 2 N–H and O–H groups in total. The van der Waals surface area contributed by atoms with E-state index in [2.05, 4.69) is 5.32 Å². The first-order chi connectivity index (χ1) is 8.99. The van der Waals surface area contributed by atoms with E-state index >= 15 is 0 Å². The van der Waals surface area contributed by atoms with E-state index in [0.717, 1.165) is 0 Å². The van der Waals surface area contributed by atoms with Crippen molar-refractivity contribution in [3.8, 4) is 11.5 Å². The van der Waals surface area contributed by atoms with Crippen LogP contribution in [0.3, 0.4) is 0 Å². The van der Waals surface area contributed by atoms with Crippen LogP contribution in [0.1, 0.15) is 0 Å². The van der Waals surface area contributed by atoms with E-state index in [4.69, 9.17) is 44.0 Å². The molecule has 0 bridgehead atoms. The molecule has 1 saturated heterocycles. The highest BCUT2D eigenvalue weighted by Gasteiger charge is 2.52. The van der Waals surface area contributed by atoms with E-state index in [-0.39, 0.29) is 0 Å². The summed E-state index contributed by atoms with van der Waals surface area (Å²) >= 11 is 0. The Balaban J connectivity index is 2.45. The fourth-order valence-electron chi connectivity index (χ4n) is 1.89. The van der Waals surface area contributed by atoms with Gasteiger partial charge in [-0.25, -0.2) is 8.78 Å². The first kappa shape index (κ1) is 15.3. The lowest BCUT2D eigenvalue weighted by Gasteiger charge is -2.60. The van der Waals surface area contributed by atoms with E-state index in [0.29, 0.717) is 0 Å². The van der Waals surface area contributed by atoms with Crippen molar-refractivity contribution < 1.29 is 23.0 Å². The monoisotopic (exact) mass is 269 g/mol. The molecule has 0 unspecified atom stereocenters. The highest BCUT2D eigenvalue weighted by molar-refractivity contribution is 6.49. The summed E-state index contributed by atoms with van der Waals surface area (Å²) in [5.74, 6) is -7.58. The van der Waals surface area contributed by atoms with Crippen molar-refractivity contribution in [2.24, 2.45) is 0 Å². The molecule has 0 amide bonds. The summed E-state index contributed by atoms with van der Waals surface area (Å²) in [6, 6.07) is 0. The van der Waals surface area contributed by atoms with Crippen molar-refractivity contribution >= 4 is 44.7 Å². The van der Waals surface area contributed by atoms with Gasteiger partial charge in [-0.15, -0.1) is 0 Å². The van der Waals surface area contributed by atoms with Gasteiger partial charge in [0.2, 0.25) is 11.6 Å². The van der Waals surface area contributed by atoms with Crippen molar-refractivity contribution in [3.05, 3.63) is 17.5 Å². The molecule has 0 saturated carbocycles. The van der Waals surface area contributed by atoms with Gasteiger partial charge >= 0.3 is 0 Å². The number of aromatic hydroxyl groups is 1. The molecule has 3 nitrogen and oxygen atoms in total. The first-order valence-electron chi connectivity index (χ1n) is 5.25. The Morgan fingerprint density at radius 3 is 1.95 bits per heavy atom. The molecular weight excluding hydrogens is 265 g/mol.